The van der Waals surface area contributed by atoms with Gasteiger partial charge >= 0.3 is 0 Å². The predicted molar refractivity (Wildman–Crippen MR) is 126 cm³/mol. The van der Waals surface area contributed by atoms with Crippen molar-refractivity contribution < 1.29 is 42.9 Å². The third-order valence-electron chi connectivity index (χ3n) is 6.82. The Hall–Kier alpha value is 1.70. The maximum atomic E-state index is 11.4. The molecule has 5 saturated heterocycles. The fourth-order valence-corrected chi connectivity index (χ4v) is 35.3. The Morgan fingerprint density at radius 2 is 0.897 bits per heavy atom. The van der Waals surface area contributed by atoms with Crippen LogP contribution in [0.25, 0.3) is 0 Å². The van der Waals surface area contributed by atoms with Gasteiger partial charge in [0.05, 0.1) is 45.7 Å². The molecule has 0 aromatic heterocycles. The average Bonchev–Trinajstić information content (AvgIpc) is 3.15. The second-order valence-corrected chi connectivity index (χ2v) is 24.8. The average molecular weight is 539 g/mol. The molecular formula is C13H30O10S6. The van der Waals surface area contributed by atoms with Crippen molar-refractivity contribution in [2.45, 2.75) is 45.3 Å². The fraction of sp³-hybridized carbons (Fsp3) is 1.00. The third kappa shape index (κ3) is 2.60. The van der Waals surface area contributed by atoms with Crippen LogP contribution in [-0.4, -0.2) is 88.3 Å². The smallest absolute Gasteiger partial charge is 0.132 e. The van der Waals surface area contributed by atoms with E-state index in [0.29, 0.717) is 0 Å². The van der Waals surface area contributed by atoms with Gasteiger partial charge in [-0.15, -0.1) is 42.4 Å². The highest BCUT2D eigenvalue weighted by Crippen LogP contribution is 2.97. The summed E-state index contributed by atoms with van der Waals surface area (Å²) in [4.78, 5) is 0. The van der Waals surface area contributed by atoms with Crippen molar-refractivity contribution in [3.63, 3.8) is 0 Å². The van der Waals surface area contributed by atoms with Gasteiger partial charge in [-0.05, 0) is 13.8 Å². The van der Waals surface area contributed by atoms with Crippen LogP contribution in [0, 0.1) is 0 Å². The Balaban J connectivity index is 1.61. The summed E-state index contributed by atoms with van der Waals surface area (Å²) in [7, 11) is -13.8. The number of hydrogen-bond donors (Lipinski definition) is 6. The highest BCUT2D eigenvalue weighted by atomic mass is 32.4. The van der Waals surface area contributed by atoms with Crippen molar-refractivity contribution in [3.8, 4) is 0 Å². The molecule has 0 saturated carbocycles. The number of hydrogen-bond acceptors (Lipinski definition) is 10. The molecule has 0 aromatic rings. The Morgan fingerprint density at radius 3 is 1.21 bits per heavy atom. The Morgan fingerprint density at radius 1 is 0.586 bits per heavy atom. The lowest BCUT2D eigenvalue weighted by Crippen LogP contribution is -2.45. The first-order valence-corrected chi connectivity index (χ1v) is 19.4. The lowest BCUT2D eigenvalue weighted by Gasteiger charge is -2.44. The van der Waals surface area contributed by atoms with Gasteiger partial charge in [0.2, 0.25) is 0 Å². The van der Waals surface area contributed by atoms with Gasteiger partial charge in [-0.3, -0.25) is 35.7 Å². The molecule has 5 aliphatic rings. The van der Waals surface area contributed by atoms with E-state index in [0.717, 1.165) is 0 Å². The molecule has 16 heteroatoms. The van der Waals surface area contributed by atoms with Gasteiger partial charge in [-0.2, -0.15) is 28.4 Å². The van der Waals surface area contributed by atoms with Gasteiger partial charge in [0, 0.05) is 0 Å². The molecule has 0 spiro atoms. The molecule has 6 N–H and O–H groups in total. The van der Waals surface area contributed by atoms with Crippen LogP contribution >= 0.6 is 63.5 Å². The fourth-order valence-electron chi connectivity index (χ4n) is 5.51. The van der Waals surface area contributed by atoms with Gasteiger partial charge in [-0.1, -0.05) is 0 Å². The lowest BCUT2D eigenvalue weighted by molar-refractivity contribution is 0.387. The second-order valence-electron chi connectivity index (χ2n) is 8.23. The summed E-state index contributed by atoms with van der Waals surface area (Å²) in [6.07, 6.45) is 0. The second kappa shape index (κ2) is 6.22. The standard InChI is InChI=1S/C13H30O10S6/c1-8-10-12-13-11-9(2)25(15,21-4)6-27(11,17)23-29(13,19)7-28(12,18)22-26(10,16)5-24(8,14)20-3/h8-19H,5-7H2,1-4H3. The topological polar surface area (TPSA) is 158 Å². The minimum absolute atomic E-state index is 0.0555. The Bertz CT molecular complexity index is 708. The summed E-state index contributed by atoms with van der Waals surface area (Å²) in [6.45, 7) is 3.55. The van der Waals surface area contributed by atoms with E-state index >= 15 is 0 Å². The molecule has 5 rings (SSSR count). The zero-order valence-corrected chi connectivity index (χ0v) is 21.3. The van der Waals surface area contributed by atoms with Crippen LogP contribution in [-0.2, 0) is 15.6 Å². The van der Waals surface area contributed by atoms with Crippen LogP contribution in [0.15, 0.2) is 0 Å². The van der Waals surface area contributed by atoms with Gasteiger partial charge in [0.15, 0.2) is 0 Å². The summed E-state index contributed by atoms with van der Waals surface area (Å²) in [6, 6.07) is 0. The van der Waals surface area contributed by atoms with Crippen LogP contribution in [0.5, 0.6) is 0 Å². The summed E-state index contributed by atoms with van der Waals surface area (Å²) in [5, 5.41) is -3.74. The molecule has 0 amide bonds. The van der Waals surface area contributed by atoms with Crippen LogP contribution in [0.1, 0.15) is 13.8 Å². The molecule has 29 heavy (non-hydrogen) atoms. The SMILES string of the molecule is COS1(O)CS2(O)OS3(O)CS4(O)OS5(O)CS(O)(OC)C(C)C5C4C3C2C1C. The molecule has 0 aliphatic carbocycles. The first-order chi connectivity index (χ1) is 13.2. The highest BCUT2D eigenvalue weighted by molar-refractivity contribution is 8.57. The Labute approximate surface area is 180 Å². The molecular weight excluding hydrogens is 509 g/mol. The summed E-state index contributed by atoms with van der Waals surface area (Å²) >= 11 is 0. The number of fused-ring (bicyclic) bond motifs is 7. The van der Waals surface area contributed by atoms with Crippen LogP contribution in [0.2, 0.25) is 0 Å². The van der Waals surface area contributed by atoms with E-state index in [1.54, 1.807) is 13.8 Å². The monoisotopic (exact) mass is 538 g/mol. The van der Waals surface area contributed by atoms with Gasteiger partial charge in [-0.25, -0.2) is 0 Å². The van der Waals surface area contributed by atoms with Crippen molar-refractivity contribution in [2.75, 3.05) is 29.5 Å². The van der Waals surface area contributed by atoms with E-state index in [-0.39, 0.29) is 15.3 Å². The third-order valence-corrected chi connectivity index (χ3v) is 29.6. The zero-order chi connectivity index (χ0) is 21.4. The van der Waals surface area contributed by atoms with Crippen molar-refractivity contribution in [1.29, 1.82) is 0 Å². The van der Waals surface area contributed by atoms with Crippen LogP contribution in [0.3, 0.4) is 0 Å². The number of rotatable bonds is 2. The first-order valence-electron chi connectivity index (χ1n) is 8.88. The summed E-state index contributed by atoms with van der Waals surface area (Å²) in [5.74, 6) is 0. The summed E-state index contributed by atoms with van der Waals surface area (Å²) in [5.41, 5.74) is 0. The molecule has 178 valence electrons. The van der Waals surface area contributed by atoms with Crippen LogP contribution < -0.4 is 0 Å². The molecule has 0 bridgehead atoms. The molecule has 0 radical (unpaired) electrons. The van der Waals surface area contributed by atoms with Gasteiger partial charge in [0.1, 0.15) is 15.3 Å². The maximum Gasteiger partial charge on any atom is 0.132 e. The summed E-state index contributed by atoms with van der Waals surface area (Å²) < 4.78 is 90.0. The van der Waals surface area contributed by atoms with Crippen molar-refractivity contribution >= 4 is 63.5 Å². The quantitative estimate of drug-likeness (QED) is 0.292. The highest BCUT2D eigenvalue weighted by Gasteiger charge is 2.78. The van der Waals surface area contributed by atoms with E-state index < -0.39 is 95.0 Å². The molecule has 0 aromatic carbocycles. The molecule has 12 unspecified atom stereocenters. The largest absolute Gasteiger partial charge is 0.297 e. The van der Waals surface area contributed by atoms with Gasteiger partial charge in [0.25, 0.3) is 0 Å². The molecule has 10 nitrogen and oxygen atoms in total. The molecule has 5 heterocycles. The molecule has 12 atom stereocenters. The zero-order valence-electron chi connectivity index (χ0n) is 16.4. The van der Waals surface area contributed by atoms with Crippen LogP contribution in [0.4, 0.5) is 0 Å². The molecule has 5 aliphatic heterocycles. The van der Waals surface area contributed by atoms with E-state index in [4.69, 9.17) is 15.6 Å². The van der Waals surface area contributed by atoms with E-state index in [1.807, 2.05) is 0 Å². The minimum atomic E-state index is -2.88. The van der Waals surface area contributed by atoms with Gasteiger partial charge < -0.3 is 0 Å². The predicted octanol–water partition coefficient (Wildman–Crippen LogP) is 4.66. The Kier molecular flexibility index (Phi) is 4.83. The van der Waals surface area contributed by atoms with E-state index in [1.165, 1.54) is 14.2 Å². The van der Waals surface area contributed by atoms with E-state index in [9.17, 15) is 27.3 Å². The maximum absolute atomic E-state index is 11.4. The normalized spacial score (nSPS) is 81.3. The first kappa shape index (κ1) is 22.5. The lowest BCUT2D eigenvalue weighted by atomic mass is 10.1. The van der Waals surface area contributed by atoms with Crippen molar-refractivity contribution in [3.05, 3.63) is 0 Å². The molecule has 5 fully saturated rings. The van der Waals surface area contributed by atoms with E-state index in [2.05, 4.69) is 0 Å². The van der Waals surface area contributed by atoms with Crippen molar-refractivity contribution in [1.82, 2.24) is 0 Å². The minimum Gasteiger partial charge on any atom is -0.297 e. The van der Waals surface area contributed by atoms with Crippen molar-refractivity contribution in [2.24, 2.45) is 0 Å².